The summed E-state index contributed by atoms with van der Waals surface area (Å²) in [5, 5.41) is 10.9. The number of nitrogens with one attached hydrogen (secondary N) is 1. The first kappa shape index (κ1) is 26.4. The number of sulfone groups is 1. The number of carbonyl (C=O) groups excluding carboxylic acids is 1. The lowest BCUT2D eigenvalue weighted by Gasteiger charge is -2.24. The van der Waals surface area contributed by atoms with Crippen LogP contribution in [0, 0.1) is 11.3 Å². The molecule has 3 aromatic rings. The van der Waals surface area contributed by atoms with Crippen LogP contribution in [-0.4, -0.2) is 50.4 Å². The van der Waals surface area contributed by atoms with Crippen LogP contribution in [0.25, 0.3) is 11.1 Å². The predicted octanol–water partition coefficient (Wildman–Crippen LogP) is 3.78. The van der Waals surface area contributed by atoms with Crippen LogP contribution in [0.1, 0.15) is 19.3 Å². The third-order valence-corrected chi connectivity index (χ3v) is 11.5. The molecule has 1 aliphatic carbocycles. The van der Waals surface area contributed by atoms with Crippen molar-refractivity contribution in [1.29, 1.82) is 5.26 Å². The summed E-state index contributed by atoms with van der Waals surface area (Å²) in [5.74, 6) is -0.689. The second-order valence-electron chi connectivity index (χ2n) is 9.50. The Morgan fingerprint density at radius 3 is 2.13 bits per heavy atom. The molecule has 1 aliphatic heterocycles. The smallest absolute Gasteiger partial charge is 0.243 e. The van der Waals surface area contributed by atoms with Gasteiger partial charge < -0.3 is 5.32 Å². The standard InChI is InChI=1S/C27H24ClN3O5S2/c28-23-8-4-5-9-25(23)37(33,34)22-16-24(26(32)30-27(18-29)14-15-27)31(17-22)38(35,36)21-12-10-20(11-13-21)19-6-2-1-3-7-19/h1-13,22,24H,14-17H2,(H,30,32)/t22-,24+/m1/s1. The largest absolute Gasteiger partial charge is 0.336 e. The number of hydrogen-bond acceptors (Lipinski definition) is 6. The van der Waals surface area contributed by atoms with Gasteiger partial charge in [-0.1, -0.05) is 66.2 Å². The number of carbonyl (C=O) groups is 1. The Bertz CT molecular complexity index is 1630. The Labute approximate surface area is 226 Å². The molecule has 1 heterocycles. The van der Waals surface area contributed by atoms with E-state index in [0.717, 1.165) is 15.4 Å². The van der Waals surface area contributed by atoms with Crippen LogP contribution < -0.4 is 5.32 Å². The Morgan fingerprint density at radius 1 is 0.921 bits per heavy atom. The fraction of sp³-hybridized carbons (Fsp3) is 0.259. The maximum absolute atomic E-state index is 13.8. The molecule has 38 heavy (non-hydrogen) atoms. The Hall–Kier alpha value is -3.23. The Balaban J connectivity index is 1.49. The van der Waals surface area contributed by atoms with E-state index in [1.807, 2.05) is 30.3 Å². The van der Waals surface area contributed by atoms with Crippen LogP contribution in [0.4, 0.5) is 0 Å². The zero-order chi connectivity index (χ0) is 27.1. The lowest BCUT2D eigenvalue weighted by Crippen LogP contribution is -2.49. The maximum Gasteiger partial charge on any atom is 0.243 e. The molecule has 0 radical (unpaired) electrons. The molecule has 2 atom stereocenters. The third-order valence-electron chi connectivity index (χ3n) is 7.00. The number of sulfonamides is 1. The molecule has 0 spiro atoms. The summed E-state index contributed by atoms with van der Waals surface area (Å²) in [5.41, 5.74) is 0.681. The number of hydrogen-bond donors (Lipinski definition) is 1. The lowest BCUT2D eigenvalue weighted by molar-refractivity contribution is -0.124. The van der Waals surface area contributed by atoms with Gasteiger partial charge in [0.2, 0.25) is 15.9 Å². The van der Waals surface area contributed by atoms with Crippen LogP contribution in [0.2, 0.25) is 5.02 Å². The molecule has 0 bridgehead atoms. The van der Waals surface area contributed by atoms with Crippen LogP contribution >= 0.6 is 11.6 Å². The highest BCUT2D eigenvalue weighted by atomic mass is 35.5. The van der Waals surface area contributed by atoms with Gasteiger partial charge in [0.25, 0.3) is 0 Å². The van der Waals surface area contributed by atoms with Crippen LogP contribution in [-0.2, 0) is 24.7 Å². The molecule has 3 aromatic carbocycles. The molecular formula is C27H24ClN3O5S2. The average molecular weight is 570 g/mol. The molecule has 11 heteroatoms. The van der Waals surface area contributed by atoms with E-state index in [2.05, 4.69) is 11.4 Å². The van der Waals surface area contributed by atoms with E-state index in [0.29, 0.717) is 12.8 Å². The first-order valence-electron chi connectivity index (χ1n) is 12.0. The first-order chi connectivity index (χ1) is 18.1. The van der Waals surface area contributed by atoms with Crippen molar-refractivity contribution >= 4 is 37.4 Å². The number of benzene rings is 3. The third kappa shape index (κ3) is 4.83. The second kappa shape index (κ2) is 9.82. The SMILES string of the molecule is N#CC1(NC(=O)[C@@H]2C[C@@H](S(=O)(=O)c3ccccc3Cl)CN2S(=O)(=O)c2ccc(-c3ccccc3)cc2)CC1. The average Bonchev–Trinajstić information content (AvgIpc) is 3.53. The number of nitriles is 1. The molecule has 2 fully saturated rings. The molecule has 196 valence electrons. The maximum atomic E-state index is 13.8. The molecule has 1 amide bonds. The van der Waals surface area contributed by atoms with Crippen molar-refractivity contribution in [3.8, 4) is 17.2 Å². The lowest BCUT2D eigenvalue weighted by atomic mass is 10.1. The van der Waals surface area contributed by atoms with E-state index in [1.165, 1.54) is 30.3 Å². The highest BCUT2D eigenvalue weighted by Crippen LogP contribution is 2.38. The van der Waals surface area contributed by atoms with Crippen molar-refractivity contribution in [3.63, 3.8) is 0 Å². The van der Waals surface area contributed by atoms with E-state index >= 15 is 0 Å². The van der Waals surface area contributed by atoms with Crippen molar-refractivity contribution in [2.45, 2.75) is 45.9 Å². The number of halogens is 1. The van der Waals surface area contributed by atoms with Crippen LogP contribution in [0.5, 0.6) is 0 Å². The van der Waals surface area contributed by atoms with Crippen LogP contribution in [0.15, 0.2) is 88.7 Å². The Kier molecular flexibility index (Phi) is 6.82. The van der Waals surface area contributed by atoms with Crippen molar-refractivity contribution in [1.82, 2.24) is 9.62 Å². The summed E-state index contributed by atoms with van der Waals surface area (Å²) in [6.45, 7) is -0.423. The second-order valence-corrected chi connectivity index (χ2v) is 14.0. The molecule has 0 aromatic heterocycles. The van der Waals surface area contributed by atoms with Crippen molar-refractivity contribution < 1.29 is 21.6 Å². The van der Waals surface area contributed by atoms with Gasteiger partial charge in [0, 0.05) is 6.54 Å². The van der Waals surface area contributed by atoms with E-state index in [1.54, 1.807) is 18.2 Å². The normalized spacial score (nSPS) is 20.9. The van der Waals surface area contributed by atoms with Crippen molar-refractivity contribution in [2.75, 3.05) is 6.54 Å². The molecule has 1 saturated heterocycles. The van der Waals surface area contributed by atoms with Gasteiger partial charge in [0.15, 0.2) is 9.84 Å². The van der Waals surface area contributed by atoms with Gasteiger partial charge in [0.1, 0.15) is 11.6 Å². The molecule has 1 saturated carbocycles. The minimum absolute atomic E-state index is 0.0210. The summed E-state index contributed by atoms with van der Waals surface area (Å²) < 4.78 is 55.5. The van der Waals surface area contributed by atoms with Gasteiger partial charge in [0.05, 0.1) is 26.1 Å². The van der Waals surface area contributed by atoms with Gasteiger partial charge in [-0.05, 0) is 54.7 Å². The molecule has 0 unspecified atom stereocenters. The first-order valence-corrected chi connectivity index (χ1v) is 15.3. The topological polar surface area (TPSA) is 124 Å². The number of amides is 1. The van der Waals surface area contributed by atoms with Gasteiger partial charge in [-0.3, -0.25) is 4.79 Å². The van der Waals surface area contributed by atoms with E-state index in [9.17, 15) is 26.9 Å². The molecule has 8 nitrogen and oxygen atoms in total. The van der Waals surface area contributed by atoms with Crippen molar-refractivity contribution in [3.05, 3.63) is 83.9 Å². The summed E-state index contributed by atoms with van der Waals surface area (Å²) >= 11 is 6.16. The van der Waals surface area contributed by atoms with E-state index in [4.69, 9.17) is 11.6 Å². The molecule has 5 rings (SSSR count). The zero-order valence-electron chi connectivity index (χ0n) is 20.1. The molecule has 1 N–H and O–H groups in total. The highest BCUT2D eigenvalue weighted by Gasteiger charge is 2.52. The monoisotopic (exact) mass is 569 g/mol. The molecule has 2 aliphatic rings. The number of rotatable bonds is 7. The highest BCUT2D eigenvalue weighted by molar-refractivity contribution is 7.92. The van der Waals surface area contributed by atoms with Gasteiger partial charge in [-0.25, -0.2) is 16.8 Å². The van der Waals surface area contributed by atoms with Crippen LogP contribution in [0.3, 0.4) is 0 Å². The minimum atomic E-state index is -4.27. The fourth-order valence-corrected chi connectivity index (χ4v) is 8.60. The van der Waals surface area contributed by atoms with Gasteiger partial charge in [-0.2, -0.15) is 9.57 Å². The zero-order valence-corrected chi connectivity index (χ0v) is 22.5. The fourth-order valence-electron chi connectivity index (χ4n) is 4.65. The summed E-state index contributed by atoms with van der Waals surface area (Å²) in [4.78, 5) is 13.1. The summed E-state index contributed by atoms with van der Waals surface area (Å²) in [7, 11) is -8.34. The van der Waals surface area contributed by atoms with E-state index in [-0.39, 0.29) is 21.2 Å². The molecular weight excluding hydrogens is 546 g/mol. The van der Waals surface area contributed by atoms with Crippen molar-refractivity contribution in [2.24, 2.45) is 0 Å². The number of nitrogens with zero attached hydrogens (tertiary/aromatic N) is 2. The van der Waals surface area contributed by atoms with Gasteiger partial charge >= 0.3 is 0 Å². The minimum Gasteiger partial charge on any atom is -0.336 e. The summed E-state index contributed by atoms with van der Waals surface area (Å²) in [6, 6.07) is 22.3. The quantitative estimate of drug-likeness (QED) is 0.462. The predicted molar refractivity (Wildman–Crippen MR) is 142 cm³/mol. The van der Waals surface area contributed by atoms with E-state index < -0.39 is 49.1 Å². The van der Waals surface area contributed by atoms with Gasteiger partial charge in [-0.15, -0.1) is 0 Å². The Morgan fingerprint density at radius 2 is 1.53 bits per heavy atom. The summed E-state index contributed by atoms with van der Waals surface area (Å²) in [6.07, 6.45) is 0.649.